The normalized spacial score (nSPS) is 15.9. The van der Waals surface area contributed by atoms with Gasteiger partial charge in [0.05, 0.1) is 18.4 Å². The van der Waals surface area contributed by atoms with Crippen LogP contribution in [0.15, 0.2) is 53.6 Å². The molecule has 1 saturated heterocycles. The van der Waals surface area contributed by atoms with Gasteiger partial charge in [-0.1, -0.05) is 29.8 Å². The van der Waals surface area contributed by atoms with E-state index in [2.05, 4.69) is 20.5 Å². The SMILES string of the molecule is CC(=O)NC1CCN(c2c(-c3ccc(Cl)cc3)cnn3c(=O)n(Cc4ccc(C(F)(F)F)nc4)nc23)C1. The maximum atomic E-state index is 13.1. The smallest absolute Gasteiger partial charge is 0.366 e. The zero-order valence-corrected chi connectivity index (χ0v) is 20.3. The number of fused-ring (bicyclic) bond motifs is 1. The van der Waals surface area contributed by atoms with Gasteiger partial charge in [-0.05, 0) is 35.7 Å². The van der Waals surface area contributed by atoms with Gasteiger partial charge in [0.1, 0.15) is 5.69 Å². The third kappa shape index (κ3) is 5.01. The molecule has 1 aliphatic rings. The molecule has 0 radical (unpaired) electrons. The number of halogens is 4. The van der Waals surface area contributed by atoms with Crippen LogP contribution in [0.25, 0.3) is 16.8 Å². The van der Waals surface area contributed by atoms with Gasteiger partial charge >= 0.3 is 11.9 Å². The van der Waals surface area contributed by atoms with Gasteiger partial charge in [-0.3, -0.25) is 9.78 Å². The summed E-state index contributed by atoms with van der Waals surface area (Å²) in [5.41, 5.74) is 1.30. The zero-order chi connectivity index (χ0) is 26.3. The van der Waals surface area contributed by atoms with Crippen LogP contribution >= 0.6 is 11.6 Å². The second-order valence-corrected chi connectivity index (χ2v) is 9.21. The fourth-order valence-corrected chi connectivity index (χ4v) is 4.56. The van der Waals surface area contributed by atoms with Crippen molar-refractivity contribution in [2.24, 2.45) is 0 Å². The molecule has 1 N–H and O–H groups in total. The van der Waals surface area contributed by atoms with Gasteiger partial charge < -0.3 is 10.2 Å². The van der Waals surface area contributed by atoms with Crippen molar-refractivity contribution in [3.8, 4) is 11.1 Å². The summed E-state index contributed by atoms with van der Waals surface area (Å²) >= 11 is 6.07. The first-order chi connectivity index (χ1) is 17.6. The Hall–Kier alpha value is -3.93. The number of amides is 1. The molecule has 192 valence electrons. The van der Waals surface area contributed by atoms with Crippen LogP contribution in [0.2, 0.25) is 5.02 Å². The van der Waals surface area contributed by atoms with Crippen molar-refractivity contribution in [2.75, 3.05) is 18.0 Å². The van der Waals surface area contributed by atoms with Gasteiger partial charge in [0.15, 0.2) is 0 Å². The fourth-order valence-electron chi connectivity index (χ4n) is 4.43. The predicted octanol–water partition coefficient (Wildman–Crippen LogP) is 3.39. The van der Waals surface area contributed by atoms with Crippen LogP contribution in [0.3, 0.4) is 0 Å². The largest absolute Gasteiger partial charge is 0.433 e. The van der Waals surface area contributed by atoms with Crippen LogP contribution in [0, 0.1) is 0 Å². The highest BCUT2D eigenvalue weighted by Crippen LogP contribution is 2.35. The first kappa shape index (κ1) is 24.8. The Morgan fingerprint density at radius 1 is 1.16 bits per heavy atom. The van der Waals surface area contributed by atoms with Crippen LogP contribution < -0.4 is 15.9 Å². The zero-order valence-electron chi connectivity index (χ0n) is 19.5. The number of carbonyl (C=O) groups excluding carboxylic acids is 1. The molecule has 0 aliphatic carbocycles. The van der Waals surface area contributed by atoms with E-state index in [4.69, 9.17) is 11.6 Å². The molecule has 5 rings (SSSR count). The van der Waals surface area contributed by atoms with Gasteiger partial charge in [-0.25, -0.2) is 9.48 Å². The topological polar surface area (TPSA) is 97.4 Å². The minimum absolute atomic E-state index is 0.0733. The van der Waals surface area contributed by atoms with E-state index >= 15 is 0 Å². The van der Waals surface area contributed by atoms with E-state index in [1.807, 2.05) is 17.0 Å². The minimum atomic E-state index is -4.56. The first-order valence-corrected chi connectivity index (χ1v) is 11.8. The van der Waals surface area contributed by atoms with Gasteiger partial charge in [0, 0.05) is 42.8 Å². The summed E-state index contributed by atoms with van der Waals surface area (Å²) in [5.74, 6) is -0.129. The molecular weight excluding hydrogens is 511 g/mol. The summed E-state index contributed by atoms with van der Waals surface area (Å²) in [6.07, 6.45) is -1.20. The summed E-state index contributed by atoms with van der Waals surface area (Å²) in [5, 5.41) is 12.3. The molecule has 9 nitrogen and oxygen atoms in total. The second kappa shape index (κ2) is 9.51. The molecule has 1 unspecified atom stereocenters. The molecule has 1 atom stereocenters. The summed E-state index contributed by atoms with van der Waals surface area (Å²) in [6.45, 7) is 2.49. The third-order valence-corrected chi connectivity index (χ3v) is 6.35. The molecule has 0 saturated carbocycles. The maximum absolute atomic E-state index is 13.1. The Kier molecular flexibility index (Phi) is 6.36. The number of anilines is 1. The Balaban J connectivity index is 1.58. The molecule has 1 aliphatic heterocycles. The lowest BCUT2D eigenvalue weighted by Gasteiger charge is -2.22. The number of carbonyl (C=O) groups is 1. The molecule has 0 bridgehead atoms. The maximum Gasteiger partial charge on any atom is 0.433 e. The van der Waals surface area contributed by atoms with Crippen molar-refractivity contribution in [2.45, 2.75) is 32.1 Å². The lowest BCUT2D eigenvalue weighted by Crippen LogP contribution is -2.35. The summed E-state index contributed by atoms with van der Waals surface area (Å²) in [7, 11) is 0. The number of nitrogens with one attached hydrogen (secondary N) is 1. The van der Waals surface area contributed by atoms with Gasteiger partial charge in [-0.15, -0.1) is 5.10 Å². The second-order valence-electron chi connectivity index (χ2n) is 8.77. The molecule has 1 fully saturated rings. The molecule has 4 aromatic rings. The number of nitrogens with zero attached hydrogens (tertiary/aromatic N) is 6. The van der Waals surface area contributed by atoms with Crippen LogP contribution in [0.5, 0.6) is 0 Å². The van der Waals surface area contributed by atoms with E-state index in [-0.39, 0.29) is 18.5 Å². The number of alkyl halides is 3. The van der Waals surface area contributed by atoms with Crippen molar-refractivity contribution < 1.29 is 18.0 Å². The van der Waals surface area contributed by atoms with Crippen LogP contribution in [0.1, 0.15) is 24.6 Å². The van der Waals surface area contributed by atoms with Gasteiger partial charge in [0.2, 0.25) is 11.6 Å². The summed E-state index contributed by atoms with van der Waals surface area (Å²) in [6, 6.07) is 9.22. The first-order valence-electron chi connectivity index (χ1n) is 11.4. The Bertz CT molecular complexity index is 1520. The van der Waals surface area contributed by atoms with Gasteiger partial charge in [-0.2, -0.15) is 22.8 Å². The molecule has 0 spiro atoms. The van der Waals surface area contributed by atoms with Crippen LogP contribution in [0.4, 0.5) is 18.9 Å². The molecule has 37 heavy (non-hydrogen) atoms. The van der Waals surface area contributed by atoms with Crippen LogP contribution in [-0.4, -0.2) is 49.4 Å². The molecule has 1 amide bonds. The molecule has 1 aromatic carbocycles. The standard InChI is InChI=1S/C24H21ClF3N7O2/c1-14(36)31-18-8-9-33(13-18)21-19(16-3-5-17(25)6-4-16)11-30-35-22(21)32-34(23(35)37)12-15-2-7-20(29-10-15)24(26,27)28/h2-7,10-11,18H,8-9,12-13H2,1H3,(H,31,36). The van der Waals surface area contributed by atoms with Crippen molar-refractivity contribution in [1.29, 1.82) is 0 Å². The van der Waals surface area contributed by atoms with Crippen molar-refractivity contribution in [3.63, 3.8) is 0 Å². The number of pyridine rings is 1. The molecule has 13 heteroatoms. The number of hydrogen-bond donors (Lipinski definition) is 1. The van der Waals surface area contributed by atoms with E-state index < -0.39 is 17.6 Å². The quantitative estimate of drug-likeness (QED) is 0.424. The predicted molar refractivity (Wildman–Crippen MR) is 130 cm³/mol. The van der Waals surface area contributed by atoms with Crippen molar-refractivity contribution in [1.82, 2.24) is 29.7 Å². The average Bonchev–Trinajstić information content (AvgIpc) is 3.42. The minimum Gasteiger partial charge on any atom is -0.366 e. The summed E-state index contributed by atoms with van der Waals surface area (Å²) in [4.78, 5) is 30.2. The van der Waals surface area contributed by atoms with E-state index in [0.29, 0.717) is 41.4 Å². The number of aromatic nitrogens is 5. The highest BCUT2D eigenvalue weighted by atomic mass is 35.5. The summed E-state index contributed by atoms with van der Waals surface area (Å²) < 4.78 is 40.9. The van der Waals surface area contributed by atoms with Gasteiger partial charge in [0.25, 0.3) is 0 Å². The van der Waals surface area contributed by atoms with E-state index in [0.717, 1.165) is 32.6 Å². The van der Waals surface area contributed by atoms with E-state index in [1.165, 1.54) is 13.0 Å². The Morgan fingerprint density at radius 2 is 1.92 bits per heavy atom. The molecular formula is C24H21ClF3N7O2. The number of rotatable bonds is 5. The lowest BCUT2D eigenvalue weighted by molar-refractivity contribution is -0.141. The number of benzene rings is 1. The highest BCUT2D eigenvalue weighted by Gasteiger charge is 2.32. The number of hydrogen-bond acceptors (Lipinski definition) is 6. The highest BCUT2D eigenvalue weighted by molar-refractivity contribution is 6.30. The third-order valence-electron chi connectivity index (χ3n) is 6.10. The molecule has 4 heterocycles. The Morgan fingerprint density at radius 3 is 2.57 bits per heavy atom. The Labute approximate surface area is 213 Å². The fraction of sp³-hybridized carbons (Fsp3) is 0.292. The monoisotopic (exact) mass is 531 g/mol. The molecule has 3 aromatic heterocycles. The van der Waals surface area contributed by atoms with E-state index in [9.17, 15) is 22.8 Å². The van der Waals surface area contributed by atoms with Crippen LogP contribution in [-0.2, 0) is 17.5 Å². The average molecular weight is 532 g/mol. The van der Waals surface area contributed by atoms with E-state index in [1.54, 1.807) is 18.3 Å². The van der Waals surface area contributed by atoms with Crippen molar-refractivity contribution in [3.05, 3.63) is 75.6 Å². The lowest BCUT2D eigenvalue weighted by atomic mass is 10.1. The van der Waals surface area contributed by atoms with Crippen molar-refractivity contribution >= 4 is 28.8 Å².